The molecule has 1 aromatic carbocycles. The number of halogens is 1. The fourth-order valence-electron chi connectivity index (χ4n) is 3.26. The number of amides is 1. The summed E-state index contributed by atoms with van der Waals surface area (Å²) >= 11 is 0. The van der Waals surface area contributed by atoms with Crippen LogP contribution < -0.4 is 10.5 Å². The van der Waals surface area contributed by atoms with Crippen molar-refractivity contribution in [3.8, 4) is 5.75 Å². The number of rotatable bonds is 2. The van der Waals surface area contributed by atoms with Crippen molar-refractivity contribution < 1.29 is 9.53 Å². The lowest BCUT2D eigenvalue weighted by Gasteiger charge is -2.38. The molecular weight excluding hydrogens is 288 g/mol. The van der Waals surface area contributed by atoms with Crippen molar-refractivity contribution in [1.82, 2.24) is 4.90 Å². The monoisotopic (exact) mass is 310 g/mol. The van der Waals surface area contributed by atoms with Crippen LogP contribution in [0, 0.1) is 5.92 Å². The molecule has 1 fully saturated rings. The molecule has 0 spiro atoms. The number of hydrogen-bond acceptors (Lipinski definition) is 3. The summed E-state index contributed by atoms with van der Waals surface area (Å²) in [6, 6.07) is 8.20. The number of piperidine rings is 1. The minimum Gasteiger partial charge on any atom is -0.492 e. The smallest absolute Gasteiger partial charge is 0.229 e. The number of para-hydroxylation sites is 1. The molecule has 0 radical (unpaired) electrons. The Morgan fingerprint density at radius 2 is 2.14 bits per heavy atom. The lowest BCUT2D eigenvalue weighted by Crippen LogP contribution is -2.51. The molecule has 0 saturated carbocycles. The van der Waals surface area contributed by atoms with E-state index in [-0.39, 0.29) is 30.3 Å². The molecule has 2 unspecified atom stereocenters. The lowest BCUT2D eigenvalue weighted by molar-refractivity contribution is -0.140. The van der Waals surface area contributed by atoms with Gasteiger partial charge in [0, 0.05) is 19.1 Å². The van der Waals surface area contributed by atoms with Gasteiger partial charge in [0.05, 0.1) is 5.92 Å². The van der Waals surface area contributed by atoms with Crippen LogP contribution in [0.4, 0.5) is 0 Å². The maximum atomic E-state index is 12.7. The molecule has 116 valence electrons. The zero-order valence-corrected chi connectivity index (χ0v) is 13.0. The van der Waals surface area contributed by atoms with E-state index in [4.69, 9.17) is 10.5 Å². The van der Waals surface area contributed by atoms with Gasteiger partial charge in [-0.15, -0.1) is 12.4 Å². The molecule has 1 amide bonds. The van der Waals surface area contributed by atoms with Crippen LogP contribution in [0.5, 0.6) is 5.75 Å². The number of likely N-dealkylation sites (tertiary alicyclic amines) is 1. The second kappa shape index (κ2) is 7.14. The summed E-state index contributed by atoms with van der Waals surface area (Å²) in [6.07, 6.45) is 4.08. The van der Waals surface area contributed by atoms with Crippen molar-refractivity contribution in [2.24, 2.45) is 11.7 Å². The summed E-state index contributed by atoms with van der Waals surface area (Å²) in [5.41, 5.74) is 6.95. The van der Waals surface area contributed by atoms with Crippen molar-refractivity contribution in [2.45, 2.75) is 31.7 Å². The summed E-state index contributed by atoms with van der Waals surface area (Å²) < 4.78 is 5.74. The van der Waals surface area contributed by atoms with E-state index in [0.29, 0.717) is 13.2 Å². The van der Waals surface area contributed by atoms with Crippen LogP contribution >= 0.6 is 12.4 Å². The minimum atomic E-state index is -0.0583. The van der Waals surface area contributed by atoms with Crippen LogP contribution in [0.3, 0.4) is 0 Å². The van der Waals surface area contributed by atoms with Crippen LogP contribution in [-0.2, 0) is 11.2 Å². The normalized spacial score (nSPS) is 24.5. The van der Waals surface area contributed by atoms with Gasteiger partial charge < -0.3 is 15.4 Å². The van der Waals surface area contributed by atoms with Crippen molar-refractivity contribution in [1.29, 1.82) is 0 Å². The number of carbonyl (C=O) groups is 1. The quantitative estimate of drug-likeness (QED) is 0.909. The molecule has 0 aliphatic carbocycles. The largest absolute Gasteiger partial charge is 0.492 e. The summed E-state index contributed by atoms with van der Waals surface area (Å²) in [6.45, 7) is 1.90. The van der Waals surface area contributed by atoms with Crippen molar-refractivity contribution in [3.63, 3.8) is 0 Å². The number of carbonyl (C=O) groups excluding carboxylic acids is 1. The highest BCUT2D eigenvalue weighted by molar-refractivity contribution is 5.85. The number of nitrogens with zero attached hydrogens (tertiary/aromatic N) is 1. The summed E-state index contributed by atoms with van der Waals surface area (Å²) in [5.74, 6) is 1.08. The van der Waals surface area contributed by atoms with E-state index in [2.05, 4.69) is 0 Å². The Bertz CT molecular complexity index is 495. The van der Waals surface area contributed by atoms with Gasteiger partial charge in [-0.25, -0.2) is 0 Å². The zero-order chi connectivity index (χ0) is 13.9. The third-order valence-corrected chi connectivity index (χ3v) is 4.41. The van der Waals surface area contributed by atoms with Gasteiger partial charge in [-0.2, -0.15) is 0 Å². The van der Waals surface area contributed by atoms with E-state index >= 15 is 0 Å². The first-order valence-corrected chi connectivity index (χ1v) is 7.51. The number of fused-ring (bicyclic) bond motifs is 1. The standard InChI is InChI=1S/C16H22N2O2.ClH/c17-10-14-6-3-4-8-18(14)16(19)13-9-12-5-1-2-7-15(12)20-11-13;/h1-2,5,7,13-14H,3-4,6,8-11,17H2;1H. The Labute approximate surface area is 132 Å². The second-order valence-electron chi connectivity index (χ2n) is 5.74. The summed E-state index contributed by atoms with van der Waals surface area (Å²) in [5, 5.41) is 0. The molecule has 2 atom stereocenters. The Hall–Kier alpha value is -1.26. The average Bonchev–Trinajstić information content (AvgIpc) is 2.53. The number of hydrogen-bond donors (Lipinski definition) is 1. The molecule has 5 heteroatoms. The van der Waals surface area contributed by atoms with E-state index in [1.807, 2.05) is 29.2 Å². The van der Waals surface area contributed by atoms with Crippen LogP contribution in [0.2, 0.25) is 0 Å². The SMILES string of the molecule is Cl.NCC1CCCCN1C(=O)C1COc2ccccc2C1. The molecule has 3 rings (SSSR count). The first-order valence-electron chi connectivity index (χ1n) is 7.51. The summed E-state index contributed by atoms with van der Waals surface area (Å²) in [7, 11) is 0. The van der Waals surface area contributed by atoms with Crippen LogP contribution in [0.1, 0.15) is 24.8 Å². The number of nitrogens with two attached hydrogens (primary N) is 1. The van der Waals surface area contributed by atoms with Gasteiger partial charge >= 0.3 is 0 Å². The van der Waals surface area contributed by atoms with Gasteiger partial charge in [0.15, 0.2) is 0 Å². The van der Waals surface area contributed by atoms with E-state index in [1.54, 1.807) is 0 Å². The Morgan fingerprint density at radius 3 is 2.95 bits per heavy atom. The van der Waals surface area contributed by atoms with Crippen LogP contribution in [0.25, 0.3) is 0 Å². The fraction of sp³-hybridized carbons (Fsp3) is 0.562. The van der Waals surface area contributed by atoms with Crippen molar-refractivity contribution >= 4 is 18.3 Å². The fourth-order valence-corrected chi connectivity index (χ4v) is 3.26. The van der Waals surface area contributed by atoms with E-state index in [0.717, 1.165) is 37.1 Å². The molecule has 2 heterocycles. The average molecular weight is 311 g/mol. The lowest BCUT2D eigenvalue weighted by atomic mass is 9.93. The van der Waals surface area contributed by atoms with Gasteiger partial charge in [0.2, 0.25) is 5.91 Å². The maximum absolute atomic E-state index is 12.7. The maximum Gasteiger partial charge on any atom is 0.229 e. The van der Waals surface area contributed by atoms with Gasteiger partial charge in [0.25, 0.3) is 0 Å². The molecule has 2 aliphatic rings. The van der Waals surface area contributed by atoms with Gasteiger partial charge in [-0.05, 0) is 37.3 Å². The van der Waals surface area contributed by atoms with Crippen LogP contribution in [-0.4, -0.2) is 36.5 Å². The van der Waals surface area contributed by atoms with Gasteiger partial charge in [-0.3, -0.25) is 4.79 Å². The highest BCUT2D eigenvalue weighted by Gasteiger charge is 2.33. The second-order valence-corrected chi connectivity index (χ2v) is 5.74. The Morgan fingerprint density at radius 1 is 1.33 bits per heavy atom. The van der Waals surface area contributed by atoms with Crippen molar-refractivity contribution in [2.75, 3.05) is 19.7 Å². The number of ether oxygens (including phenoxy) is 1. The molecule has 4 nitrogen and oxygen atoms in total. The Kier molecular flexibility index (Phi) is 5.48. The Balaban J connectivity index is 0.00000161. The van der Waals surface area contributed by atoms with Crippen molar-refractivity contribution in [3.05, 3.63) is 29.8 Å². The predicted molar refractivity (Wildman–Crippen MR) is 84.8 cm³/mol. The van der Waals surface area contributed by atoms with E-state index in [9.17, 15) is 4.79 Å². The van der Waals surface area contributed by atoms with Gasteiger partial charge in [0.1, 0.15) is 12.4 Å². The highest BCUT2D eigenvalue weighted by Crippen LogP contribution is 2.29. The topological polar surface area (TPSA) is 55.6 Å². The molecule has 0 bridgehead atoms. The third kappa shape index (κ3) is 3.33. The molecular formula is C16H23ClN2O2. The summed E-state index contributed by atoms with van der Waals surface area (Å²) in [4.78, 5) is 14.7. The molecule has 2 aliphatic heterocycles. The highest BCUT2D eigenvalue weighted by atomic mass is 35.5. The van der Waals surface area contributed by atoms with Gasteiger partial charge in [-0.1, -0.05) is 18.2 Å². The van der Waals surface area contributed by atoms with E-state index < -0.39 is 0 Å². The zero-order valence-electron chi connectivity index (χ0n) is 12.2. The third-order valence-electron chi connectivity index (χ3n) is 4.41. The number of benzene rings is 1. The predicted octanol–water partition coefficient (Wildman–Crippen LogP) is 2.00. The molecule has 0 aromatic heterocycles. The first-order chi connectivity index (χ1) is 9.79. The molecule has 1 aromatic rings. The minimum absolute atomic E-state index is 0. The molecule has 2 N–H and O–H groups in total. The van der Waals surface area contributed by atoms with Crippen LogP contribution in [0.15, 0.2) is 24.3 Å². The first kappa shape index (κ1) is 16.1. The molecule has 21 heavy (non-hydrogen) atoms. The molecule has 1 saturated heterocycles. The van der Waals surface area contributed by atoms with E-state index in [1.165, 1.54) is 6.42 Å².